The third-order valence-electron chi connectivity index (χ3n) is 3.82. The number of methoxy groups -OCH3 is 1. The molecule has 0 bridgehead atoms. The van der Waals surface area contributed by atoms with E-state index in [1.165, 1.54) is 0 Å². The number of carbonyl (C=O) groups is 1. The number of hydrogen-bond acceptors (Lipinski definition) is 3. The van der Waals surface area contributed by atoms with Crippen LogP contribution in [-0.4, -0.2) is 66.2 Å². The first-order valence-corrected chi connectivity index (χ1v) is 7.66. The number of piperazine rings is 1. The molecule has 112 valence electrons. The molecule has 6 heteroatoms. The first kappa shape index (κ1) is 15.5. The van der Waals surface area contributed by atoms with Gasteiger partial charge in [0.15, 0.2) is 0 Å². The number of amides is 1. The van der Waals surface area contributed by atoms with Gasteiger partial charge in [-0.15, -0.1) is 0 Å². The van der Waals surface area contributed by atoms with Gasteiger partial charge in [0.2, 0.25) is 0 Å². The number of ether oxygens (including phenoxy) is 1. The number of aryl methyl sites for hydroxylation is 1. The standard InChI is InChI=1S/C14H22BrN3O2/c1-11(10-20-3)17-4-6-18(7-5-17)14(19)13-8-12(15)9-16(13)2/h8-9,11H,4-7,10H2,1-3H3. The van der Waals surface area contributed by atoms with Crippen molar-refractivity contribution in [3.05, 3.63) is 22.4 Å². The molecule has 0 N–H and O–H groups in total. The van der Waals surface area contributed by atoms with E-state index in [0.29, 0.717) is 6.04 Å². The molecular weight excluding hydrogens is 322 g/mol. The summed E-state index contributed by atoms with van der Waals surface area (Å²) < 4.78 is 8.00. The minimum absolute atomic E-state index is 0.109. The van der Waals surface area contributed by atoms with Crippen LogP contribution in [0.5, 0.6) is 0 Å². The molecular formula is C14H22BrN3O2. The summed E-state index contributed by atoms with van der Waals surface area (Å²) in [6, 6.07) is 2.28. The monoisotopic (exact) mass is 343 g/mol. The first-order chi connectivity index (χ1) is 9.52. The van der Waals surface area contributed by atoms with Gasteiger partial charge in [0.25, 0.3) is 5.91 Å². The van der Waals surface area contributed by atoms with E-state index in [4.69, 9.17) is 4.74 Å². The molecule has 1 aromatic heterocycles. The van der Waals surface area contributed by atoms with Crippen LogP contribution >= 0.6 is 15.9 Å². The van der Waals surface area contributed by atoms with Crippen LogP contribution in [0.3, 0.4) is 0 Å². The van der Waals surface area contributed by atoms with E-state index in [9.17, 15) is 4.79 Å². The lowest BCUT2D eigenvalue weighted by molar-refractivity contribution is 0.0443. The molecule has 2 heterocycles. The predicted octanol–water partition coefficient (Wildman–Crippen LogP) is 1.58. The summed E-state index contributed by atoms with van der Waals surface area (Å²) in [6.45, 7) is 6.25. The predicted molar refractivity (Wildman–Crippen MR) is 81.9 cm³/mol. The Morgan fingerprint density at radius 1 is 1.40 bits per heavy atom. The summed E-state index contributed by atoms with van der Waals surface area (Å²) in [7, 11) is 3.62. The summed E-state index contributed by atoms with van der Waals surface area (Å²) in [5, 5.41) is 0. The second kappa shape index (κ2) is 6.74. The third kappa shape index (κ3) is 3.42. The van der Waals surface area contributed by atoms with Crippen molar-refractivity contribution in [3.8, 4) is 0 Å². The Bertz CT molecular complexity index is 467. The fraction of sp³-hybridized carbons (Fsp3) is 0.643. The summed E-state index contributed by atoms with van der Waals surface area (Å²) in [4.78, 5) is 16.8. The van der Waals surface area contributed by atoms with Crippen molar-refractivity contribution in [2.45, 2.75) is 13.0 Å². The minimum atomic E-state index is 0.109. The highest BCUT2D eigenvalue weighted by Crippen LogP contribution is 2.17. The van der Waals surface area contributed by atoms with Gasteiger partial charge < -0.3 is 14.2 Å². The zero-order valence-electron chi connectivity index (χ0n) is 12.3. The normalized spacial score (nSPS) is 18.3. The lowest BCUT2D eigenvalue weighted by Crippen LogP contribution is -2.52. The minimum Gasteiger partial charge on any atom is -0.383 e. The third-order valence-corrected chi connectivity index (χ3v) is 4.26. The van der Waals surface area contributed by atoms with E-state index in [-0.39, 0.29) is 5.91 Å². The molecule has 0 radical (unpaired) electrons. The van der Waals surface area contributed by atoms with Crippen LogP contribution in [0.2, 0.25) is 0 Å². The molecule has 1 saturated heterocycles. The molecule has 2 rings (SSSR count). The molecule has 1 amide bonds. The highest BCUT2D eigenvalue weighted by Gasteiger charge is 2.25. The van der Waals surface area contributed by atoms with E-state index in [1.54, 1.807) is 7.11 Å². The Morgan fingerprint density at radius 2 is 2.05 bits per heavy atom. The van der Waals surface area contributed by atoms with Gasteiger partial charge in [0.1, 0.15) is 5.69 Å². The van der Waals surface area contributed by atoms with Gasteiger partial charge in [-0.2, -0.15) is 0 Å². The van der Waals surface area contributed by atoms with E-state index in [2.05, 4.69) is 27.8 Å². The Labute approximate surface area is 128 Å². The largest absolute Gasteiger partial charge is 0.383 e. The number of nitrogens with zero attached hydrogens (tertiary/aromatic N) is 3. The summed E-state index contributed by atoms with van der Waals surface area (Å²) >= 11 is 3.41. The maximum atomic E-state index is 12.5. The Morgan fingerprint density at radius 3 is 2.55 bits per heavy atom. The van der Waals surface area contributed by atoms with Crippen LogP contribution in [0.1, 0.15) is 17.4 Å². The molecule has 1 aliphatic heterocycles. The van der Waals surface area contributed by atoms with E-state index in [0.717, 1.165) is 43.0 Å². The van der Waals surface area contributed by atoms with Crippen molar-refractivity contribution in [2.75, 3.05) is 39.9 Å². The van der Waals surface area contributed by atoms with Crippen LogP contribution in [0, 0.1) is 0 Å². The van der Waals surface area contributed by atoms with E-state index < -0.39 is 0 Å². The average Bonchev–Trinajstić information content (AvgIpc) is 2.77. The molecule has 1 fully saturated rings. The number of rotatable bonds is 4. The van der Waals surface area contributed by atoms with E-state index in [1.807, 2.05) is 28.8 Å². The number of halogens is 1. The van der Waals surface area contributed by atoms with Crippen LogP contribution in [0.15, 0.2) is 16.7 Å². The SMILES string of the molecule is COCC(C)N1CCN(C(=O)c2cc(Br)cn2C)CC1. The van der Waals surface area contributed by atoms with Crippen molar-refractivity contribution >= 4 is 21.8 Å². The Kier molecular flexibility index (Phi) is 5.23. The maximum absolute atomic E-state index is 12.5. The van der Waals surface area contributed by atoms with Gasteiger partial charge >= 0.3 is 0 Å². The van der Waals surface area contributed by atoms with Crippen molar-refractivity contribution in [2.24, 2.45) is 7.05 Å². The van der Waals surface area contributed by atoms with Crippen molar-refractivity contribution in [1.82, 2.24) is 14.4 Å². The fourth-order valence-corrected chi connectivity index (χ4v) is 3.14. The van der Waals surface area contributed by atoms with Gasteiger partial charge in [-0.05, 0) is 28.9 Å². The first-order valence-electron chi connectivity index (χ1n) is 6.87. The molecule has 0 aromatic carbocycles. The van der Waals surface area contributed by atoms with Gasteiger partial charge in [0, 0.05) is 57.0 Å². The van der Waals surface area contributed by atoms with Crippen LogP contribution in [-0.2, 0) is 11.8 Å². The lowest BCUT2D eigenvalue weighted by Gasteiger charge is -2.37. The lowest BCUT2D eigenvalue weighted by atomic mass is 10.2. The smallest absolute Gasteiger partial charge is 0.270 e. The topological polar surface area (TPSA) is 37.7 Å². The van der Waals surface area contributed by atoms with Crippen molar-refractivity contribution in [3.63, 3.8) is 0 Å². The fourth-order valence-electron chi connectivity index (χ4n) is 2.61. The molecule has 20 heavy (non-hydrogen) atoms. The number of carbonyl (C=O) groups excluding carboxylic acids is 1. The van der Waals surface area contributed by atoms with Gasteiger partial charge in [-0.25, -0.2) is 0 Å². The summed E-state index contributed by atoms with van der Waals surface area (Å²) in [6.07, 6.45) is 1.91. The van der Waals surface area contributed by atoms with E-state index >= 15 is 0 Å². The average molecular weight is 344 g/mol. The molecule has 0 saturated carbocycles. The van der Waals surface area contributed by atoms with Gasteiger partial charge in [0.05, 0.1) is 6.61 Å². The van der Waals surface area contributed by atoms with Crippen LogP contribution in [0.25, 0.3) is 0 Å². The summed E-state index contributed by atoms with van der Waals surface area (Å²) in [5.74, 6) is 0.109. The molecule has 0 spiro atoms. The van der Waals surface area contributed by atoms with Crippen molar-refractivity contribution in [1.29, 1.82) is 0 Å². The second-order valence-electron chi connectivity index (χ2n) is 5.29. The molecule has 1 unspecified atom stereocenters. The quantitative estimate of drug-likeness (QED) is 0.832. The highest BCUT2D eigenvalue weighted by molar-refractivity contribution is 9.10. The molecule has 0 aliphatic carbocycles. The number of hydrogen-bond donors (Lipinski definition) is 0. The second-order valence-corrected chi connectivity index (χ2v) is 6.20. The van der Waals surface area contributed by atoms with Crippen molar-refractivity contribution < 1.29 is 9.53 Å². The molecule has 1 atom stereocenters. The highest BCUT2D eigenvalue weighted by atomic mass is 79.9. The Hall–Kier alpha value is -0.850. The molecule has 1 aromatic rings. The summed E-state index contributed by atoms with van der Waals surface area (Å²) in [5.41, 5.74) is 0.732. The molecule has 5 nitrogen and oxygen atoms in total. The van der Waals surface area contributed by atoms with Gasteiger partial charge in [-0.1, -0.05) is 0 Å². The van der Waals surface area contributed by atoms with Gasteiger partial charge in [-0.3, -0.25) is 9.69 Å². The maximum Gasteiger partial charge on any atom is 0.270 e. The van der Waals surface area contributed by atoms with Crippen LogP contribution < -0.4 is 0 Å². The zero-order valence-corrected chi connectivity index (χ0v) is 13.9. The molecule has 1 aliphatic rings. The van der Waals surface area contributed by atoms with Crippen LogP contribution in [0.4, 0.5) is 0 Å². The number of aromatic nitrogens is 1. The Balaban J connectivity index is 1.93. The zero-order chi connectivity index (χ0) is 14.7.